The lowest BCUT2D eigenvalue weighted by Gasteiger charge is -2.31. The number of piperidine rings is 1. The van der Waals surface area contributed by atoms with Crippen LogP contribution in [0.1, 0.15) is 35.7 Å². The van der Waals surface area contributed by atoms with Gasteiger partial charge in [0.1, 0.15) is 5.82 Å². The maximum atomic E-state index is 12.7. The number of benzene rings is 2. The number of fused-ring (bicyclic) bond motifs is 1. The molecule has 27 heavy (non-hydrogen) atoms. The minimum absolute atomic E-state index is 0.0928. The smallest absolute Gasteiger partial charge is 0.321 e. The van der Waals surface area contributed by atoms with E-state index in [-0.39, 0.29) is 11.9 Å². The molecule has 2 amide bonds. The molecule has 0 bridgehead atoms. The van der Waals surface area contributed by atoms with Gasteiger partial charge in [0.15, 0.2) is 0 Å². The topological polar surface area (TPSA) is 61.0 Å². The van der Waals surface area contributed by atoms with Crippen molar-refractivity contribution >= 4 is 34.4 Å². The van der Waals surface area contributed by atoms with Crippen molar-refractivity contribution < 1.29 is 4.79 Å². The first kappa shape index (κ1) is 17.9. The van der Waals surface area contributed by atoms with Crippen molar-refractivity contribution in [1.82, 2.24) is 14.9 Å². The van der Waals surface area contributed by atoms with Gasteiger partial charge >= 0.3 is 6.03 Å². The van der Waals surface area contributed by atoms with Crippen molar-refractivity contribution in [2.75, 3.05) is 18.4 Å². The molecule has 0 radical (unpaired) electrons. The fourth-order valence-electron chi connectivity index (χ4n) is 3.64. The number of carbonyl (C=O) groups is 1. The van der Waals surface area contributed by atoms with Crippen LogP contribution >= 0.6 is 11.6 Å². The fourth-order valence-corrected chi connectivity index (χ4v) is 3.83. The summed E-state index contributed by atoms with van der Waals surface area (Å²) in [4.78, 5) is 22.8. The Bertz CT molecular complexity index is 958. The SMILES string of the molecule is Cc1cc2nc([C@H]3CCCN(C(=O)Nc4cccc(Cl)c4)C3)[nH]c2cc1C. The quantitative estimate of drug-likeness (QED) is 0.636. The molecule has 1 aliphatic heterocycles. The van der Waals surface area contributed by atoms with Crippen molar-refractivity contribution in [3.8, 4) is 0 Å². The molecule has 0 saturated carbocycles. The molecular formula is C21H23ClN4O. The Morgan fingerprint density at radius 3 is 2.89 bits per heavy atom. The van der Waals surface area contributed by atoms with Crippen LogP contribution < -0.4 is 5.32 Å². The normalized spacial score (nSPS) is 17.3. The number of anilines is 1. The maximum Gasteiger partial charge on any atom is 0.321 e. The predicted octanol–water partition coefficient (Wildman–Crippen LogP) is 5.24. The second-order valence-corrected chi connectivity index (χ2v) is 7.74. The van der Waals surface area contributed by atoms with Crippen LogP contribution in [0.15, 0.2) is 36.4 Å². The number of likely N-dealkylation sites (tertiary alicyclic amines) is 1. The Labute approximate surface area is 163 Å². The summed E-state index contributed by atoms with van der Waals surface area (Å²) in [5.74, 6) is 1.19. The van der Waals surface area contributed by atoms with Gasteiger partial charge in [-0.15, -0.1) is 0 Å². The van der Waals surface area contributed by atoms with Crippen molar-refractivity contribution in [1.29, 1.82) is 0 Å². The van der Waals surface area contributed by atoms with Gasteiger partial charge in [-0.2, -0.15) is 0 Å². The van der Waals surface area contributed by atoms with Crippen LogP contribution in [0.25, 0.3) is 11.0 Å². The van der Waals surface area contributed by atoms with E-state index in [1.54, 1.807) is 12.1 Å². The van der Waals surface area contributed by atoms with Crippen LogP contribution in [0.5, 0.6) is 0 Å². The standard InChI is InChI=1S/C21H23ClN4O/c1-13-9-18-19(10-14(13)2)25-20(24-18)15-5-4-8-26(12-15)21(27)23-17-7-3-6-16(22)11-17/h3,6-7,9-11,15H,4-5,8,12H2,1-2H3,(H,23,27)(H,24,25)/t15-/m0/s1. The number of aromatic nitrogens is 2. The molecule has 0 unspecified atom stereocenters. The van der Waals surface area contributed by atoms with Crippen molar-refractivity contribution in [3.05, 3.63) is 58.4 Å². The van der Waals surface area contributed by atoms with Gasteiger partial charge in [-0.1, -0.05) is 17.7 Å². The van der Waals surface area contributed by atoms with Crippen LogP contribution in [-0.4, -0.2) is 34.0 Å². The molecule has 6 heteroatoms. The summed E-state index contributed by atoms with van der Waals surface area (Å²) in [6, 6.07) is 11.4. The molecule has 2 N–H and O–H groups in total. The number of amides is 2. The molecule has 140 valence electrons. The molecule has 1 aliphatic rings. The van der Waals surface area contributed by atoms with Gasteiger partial charge in [0.05, 0.1) is 11.0 Å². The third kappa shape index (κ3) is 3.78. The molecule has 1 aromatic heterocycles. The Kier molecular flexibility index (Phi) is 4.79. The number of hydrogen-bond acceptors (Lipinski definition) is 2. The number of carbonyl (C=O) groups excluding carboxylic acids is 1. The molecule has 1 atom stereocenters. The summed E-state index contributed by atoms with van der Waals surface area (Å²) in [7, 11) is 0. The van der Waals surface area contributed by atoms with Gasteiger partial charge in [-0.3, -0.25) is 0 Å². The summed E-state index contributed by atoms with van der Waals surface area (Å²) in [6.07, 6.45) is 1.99. The molecule has 0 aliphatic carbocycles. The van der Waals surface area contributed by atoms with Crippen LogP contribution in [0.3, 0.4) is 0 Å². The maximum absolute atomic E-state index is 12.7. The number of hydrogen-bond donors (Lipinski definition) is 2. The van der Waals surface area contributed by atoms with E-state index in [0.29, 0.717) is 17.3 Å². The zero-order valence-electron chi connectivity index (χ0n) is 15.6. The van der Waals surface area contributed by atoms with Crippen LogP contribution in [0, 0.1) is 13.8 Å². The first-order valence-electron chi connectivity index (χ1n) is 9.28. The highest BCUT2D eigenvalue weighted by Gasteiger charge is 2.27. The van der Waals surface area contributed by atoms with Crippen LogP contribution in [0.2, 0.25) is 5.02 Å². The molecule has 1 fully saturated rings. The van der Waals surface area contributed by atoms with E-state index in [1.807, 2.05) is 17.0 Å². The third-order valence-electron chi connectivity index (χ3n) is 5.29. The van der Waals surface area contributed by atoms with E-state index in [9.17, 15) is 4.79 Å². The van der Waals surface area contributed by atoms with Gasteiger partial charge < -0.3 is 15.2 Å². The summed E-state index contributed by atoms with van der Waals surface area (Å²) < 4.78 is 0. The van der Waals surface area contributed by atoms with Gasteiger partial charge in [-0.25, -0.2) is 9.78 Å². The van der Waals surface area contributed by atoms with E-state index in [4.69, 9.17) is 16.6 Å². The number of nitrogens with one attached hydrogen (secondary N) is 2. The average molecular weight is 383 g/mol. The fraction of sp³-hybridized carbons (Fsp3) is 0.333. The number of rotatable bonds is 2. The van der Waals surface area contributed by atoms with E-state index in [0.717, 1.165) is 36.2 Å². The van der Waals surface area contributed by atoms with Gasteiger partial charge in [0.2, 0.25) is 0 Å². The Hall–Kier alpha value is -2.53. The largest absolute Gasteiger partial charge is 0.342 e. The zero-order chi connectivity index (χ0) is 19.0. The molecule has 5 nitrogen and oxygen atoms in total. The summed E-state index contributed by atoms with van der Waals surface area (Å²) >= 11 is 6.00. The lowest BCUT2D eigenvalue weighted by atomic mass is 9.97. The van der Waals surface area contributed by atoms with Crippen LogP contribution in [0.4, 0.5) is 10.5 Å². The highest BCUT2D eigenvalue weighted by Crippen LogP contribution is 2.28. The van der Waals surface area contributed by atoms with E-state index >= 15 is 0 Å². The summed E-state index contributed by atoms with van der Waals surface area (Å²) in [5.41, 5.74) is 5.27. The lowest BCUT2D eigenvalue weighted by Crippen LogP contribution is -2.41. The van der Waals surface area contributed by atoms with E-state index in [1.165, 1.54) is 11.1 Å². The minimum Gasteiger partial charge on any atom is -0.342 e. The van der Waals surface area contributed by atoms with Gasteiger partial charge in [0.25, 0.3) is 0 Å². The molecule has 2 aromatic carbocycles. The molecule has 3 aromatic rings. The summed E-state index contributed by atoms with van der Waals surface area (Å²) in [5, 5.41) is 3.55. The monoisotopic (exact) mass is 382 g/mol. The number of imidazole rings is 1. The first-order chi connectivity index (χ1) is 13.0. The van der Waals surface area contributed by atoms with E-state index in [2.05, 4.69) is 36.3 Å². The minimum atomic E-state index is -0.0928. The molecule has 4 rings (SSSR count). The van der Waals surface area contributed by atoms with Crippen molar-refractivity contribution in [2.45, 2.75) is 32.6 Å². The molecule has 1 saturated heterocycles. The Balaban J connectivity index is 1.50. The van der Waals surface area contributed by atoms with Gasteiger partial charge in [-0.05, 0) is 68.1 Å². The average Bonchev–Trinajstić information content (AvgIpc) is 3.05. The van der Waals surface area contributed by atoms with E-state index < -0.39 is 0 Å². The predicted molar refractivity (Wildman–Crippen MR) is 110 cm³/mol. The lowest BCUT2D eigenvalue weighted by molar-refractivity contribution is 0.191. The highest BCUT2D eigenvalue weighted by molar-refractivity contribution is 6.30. The number of urea groups is 1. The Morgan fingerprint density at radius 2 is 2.07 bits per heavy atom. The number of nitrogens with zero attached hydrogens (tertiary/aromatic N) is 2. The third-order valence-corrected chi connectivity index (χ3v) is 5.52. The van der Waals surface area contributed by atoms with Crippen molar-refractivity contribution in [3.63, 3.8) is 0 Å². The number of aryl methyl sites for hydroxylation is 2. The zero-order valence-corrected chi connectivity index (χ0v) is 16.3. The second kappa shape index (κ2) is 7.24. The number of aromatic amines is 1. The molecular weight excluding hydrogens is 360 g/mol. The Morgan fingerprint density at radius 1 is 1.26 bits per heavy atom. The first-order valence-corrected chi connectivity index (χ1v) is 9.66. The molecule has 2 heterocycles. The summed E-state index contributed by atoms with van der Waals surface area (Å²) in [6.45, 7) is 5.62. The van der Waals surface area contributed by atoms with Crippen LogP contribution in [-0.2, 0) is 0 Å². The van der Waals surface area contributed by atoms with Gasteiger partial charge in [0, 0.05) is 29.7 Å². The highest BCUT2D eigenvalue weighted by atomic mass is 35.5. The second-order valence-electron chi connectivity index (χ2n) is 7.30. The van der Waals surface area contributed by atoms with Crippen molar-refractivity contribution in [2.24, 2.45) is 0 Å². The number of halogens is 1. The number of H-pyrrole nitrogens is 1. The molecule has 0 spiro atoms.